The molecule has 0 aliphatic heterocycles. The lowest BCUT2D eigenvalue weighted by atomic mass is 10.2. The van der Waals surface area contributed by atoms with Crippen LogP contribution in [0.1, 0.15) is 12.5 Å². The Morgan fingerprint density at radius 2 is 1.75 bits per heavy atom. The van der Waals surface area contributed by atoms with E-state index in [1.165, 1.54) is 17.9 Å². The summed E-state index contributed by atoms with van der Waals surface area (Å²) in [6, 6.07) is 14.5. The van der Waals surface area contributed by atoms with E-state index in [0.717, 1.165) is 11.3 Å². The first-order chi connectivity index (χ1) is 11.5. The van der Waals surface area contributed by atoms with E-state index in [9.17, 15) is 9.59 Å². The molecule has 2 aromatic carbocycles. The Bertz CT molecular complexity index is 751. The van der Waals surface area contributed by atoms with Gasteiger partial charge in [0, 0.05) is 37.0 Å². The number of nitrogens with zero attached hydrogens (tertiary/aromatic N) is 1. The molecule has 0 saturated heterocycles. The fraction of sp³-hybridized carbons (Fsp3) is 0.158. The highest BCUT2D eigenvalue weighted by molar-refractivity contribution is 6.02. The summed E-state index contributed by atoms with van der Waals surface area (Å²) in [7, 11) is 3.29. The van der Waals surface area contributed by atoms with E-state index in [1.807, 2.05) is 24.3 Å². The molecular formula is C19H20N2O3. The summed E-state index contributed by atoms with van der Waals surface area (Å²) >= 11 is 0. The number of anilines is 2. The molecular weight excluding hydrogens is 304 g/mol. The van der Waals surface area contributed by atoms with Gasteiger partial charge < -0.3 is 15.0 Å². The molecule has 0 saturated carbocycles. The topological polar surface area (TPSA) is 58.6 Å². The van der Waals surface area contributed by atoms with E-state index in [1.54, 1.807) is 44.5 Å². The number of benzene rings is 2. The van der Waals surface area contributed by atoms with Gasteiger partial charge >= 0.3 is 0 Å². The summed E-state index contributed by atoms with van der Waals surface area (Å²) in [6.45, 7) is 1.50. The molecule has 0 fully saturated rings. The maximum atomic E-state index is 12.0. The highest BCUT2D eigenvalue weighted by Crippen LogP contribution is 2.19. The molecule has 0 spiro atoms. The van der Waals surface area contributed by atoms with E-state index >= 15 is 0 Å². The molecule has 0 radical (unpaired) electrons. The van der Waals surface area contributed by atoms with Gasteiger partial charge in [0.15, 0.2) is 0 Å². The van der Waals surface area contributed by atoms with Crippen LogP contribution in [0, 0.1) is 0 Å². The zero-order valence-corrected chi connectivity index (χ0v) is 13.9. The van der Waals surface area contributed by atoms with Crippen LogP contribution in [0.5, 0.6) is 5.75 Å². The van der Waals surface area contributed by atoms with Crippen LogP contribution in [-0.2, 0) is 9.59 Å². The van der Waals surface area contributed by atoms with Crippen molar-refractivity contribution < 1.29 is 14.3 Å². The maximum absolute atomic E-state index is 12.0. The third-order valence-electron chi connectivity index (χ3n) is 3.55. The van der Waals surface area contributed by atoms with Gasteiger partial charge in [-0.3, -0.25) is 9.59 Å². The summed E-state index contributed by atoms with van der Waals surface area (Å²) in [5, 5.41) is 2.78. The summed E-state index contributed by atoms with van der Waals surface area (Å²) in [6.07, 6.45) is 3.15. The Kier molecular flexibility index (Phi) is 5.73. The number of rotatable bonds is 5. The first kappa shape index (κ1) is 17.3. The third kappa shape index (κ3) is 4.46. The molecule has 5 nitrogen and oxygen atoms in total. The molecule has 2 rings (SSSR count). The summed E-state index contributed by atoms with van der Waals surface area (Å²) < 4.78 is 5.24. The lowest BCUT2D eigenvalue weighted by Gasteiger charge is -2.15. The smallest absolute Gasteiger partial charge is 0.248 e. The largest absolute Gasteiger partial charge is 0.496 e. The van der Waals surface area contributed by atoms with Crippen LogP contribution in [0.3, 0.4) is 0 Å². The molecule has 5 heteroatoms. The van der Waals surface area contributed by atoms with Gasteiger partial charge in [0.2, 0.25) is 11.8 Å². The molecule has 0 bridgehead atoms. The van der Waals surface area contributed by atoms with Crippen LogP contribution in [-0.4, -0.2) is 26.0 Å². The Labute approximate surface area is 141 Å². The number of carbonyl (C=O) groups is 2. The van der Waals surface area contributed by atoms with Crippen molar-refractivity contribution in [2.24, 2.45) is 0 Å². The SMILES string of the molecule is COc1ccccc1/C=C/C(=O)Nc1ccc(N(C)C(C)=O)cc1. The van der Waals surface area contributed by atoms with E-state index in [4.69, 9.17) is 4.74 Å². The molecule has 124 valence electrons. The van der Waals surface area contributed by atoms with Crippen molar-refractivity contribution in [2.45, 2.75) is 6.92 Å². The Morgan fingerprint density at radius 1 is 1.08 bits per heavy atom. The van der Waals surface area contributed by atoms with Crippen molar-refractivity contribution in [1.82, 2.24) is 0 Å². The van der Waals surface area contributed by atoms with Crippen molar-refractivity contribution in [2.75, 3.05) is 24.4 Å². The van der Waals surface area contributed by atoms with E-state index in [0.29, 0.717) is 11.4 Å². The first-order valence-electron chi connectivity index (χ1n) is 7.47. The summed E-state index contributed by atoms with van der Waals surface area (Å²) in [4.78, 5) is 24.9. The van der Waals surface area contributed by atoms with Gasteiger partial charge in [-0.1, -0.05) is 18.2 Å². The number of nitrogens with one attached hydrogen (secondary N) is 1. The fourth-order valence-corrected chi connectivity index (χ4v) is 2.10. The predicted molar refractivity (Wildman–Crippen MR) is 96.2 cm³/mol. The van der Waals surface area contributed by atoms with Gasteiger partial charge in [0.05, 0.1) is 7.11 Å². The van der Waals surface area contributed by atoms with E-state index < -0.39 is 0 Å². The highest BCUT2D eigenvalue weighted by atomic mass is 16.5. The third-order valence-corrected chi connectivity index (χ3v) is 3.55. The van der Waals surface area contributed by atoms with Crippen LogP contribution in [0.15, 0.2) is 54.6 Å². The van der Waals surface area contributed by atoms with Crippen LogP contribution in [0.2, 0.25) is 0 Å². The van der Waals surface area contributed by atoms with Crippen LogP contribution >= 0.6 is 0 Å². The Balaban J connectivity index is 2.02. The highest BCUT2D eigenvalue weighted by Gasteiger charge is 2.05. The van der Waals surface area contributed by atoms with Crippen LogP contribution < -0.4 is 15.0 Å². The zero-order valence-electron chi connectivity index (χ0n) is 13.9. The van der Waals surface area contributed by atoms with Crippen LogP contribution in [0.4, 0.5) is 11.4 Å². The molecule has 0 unspecified atom stereocenters. The van der Waals surface area contributed by atoms with Gasteiger partial charge in [-0.05, 0) is 36.4 Å². The second-order valence-corrected chi connectivity index (χ2v) is 5.19. The second kappa shape index (κ2) is 7.97. The molecule has 0 aliphatic rings. The number of hydrogen-bond donors (Lipinski definition) is 1. The maximum Gasteiger partial charge on any atom is 0.248 e. The van der Waals surface area contributed by atoms with Gasteiger partial charge in [-0.25, -0.2) is 0 Å². The molecule has 2 amide bonds. The second-order valence-electron chi connectivity index (χ2n) is 5.19. The van der Waals surface area contributed by atoms with Crippen molar-refractivity contribution in [3.63, 3.8) is 0 Å². The predicted octanol–water partition coefficient (Wildman–Crippen LogP) is 3.33. The van der Waals surface area contributed by atoms with Gasteiger partial charge in [-0.2, -0.15) is 0 Å². The standard InChI is InChI=1S/C19H20N2O3/c1-14(22)21(2)17-11-9-16(10-12-17)20-19(23)13-8-15-6-4-5-7-18(15)24-3/h4-13H,1-3H3,(H,20,23)/b13-8+. The Hall–Kier alpha value is -3.08. The van der Waals surface area contributed by atoms with Crippen LogP contribution in [0.25, 0.3) is 6.08 Å². The number of para-hydroxylation sites is 1. The lowest BCUT2D eigenvalue weighted by molar-refractivity contribution is -0.116. The molecule has 1 N–H and O–H groups in total. The normalized spacial score (nSPS) is 10.5. The van der Waals surface area contributed by atoms with E-state index in [2.05, 4.69) is 5.32 Å². The summed E-state index contributed by atoms with van der Waals surface area (Å²) in [5.41, 5.74) is 2.25. The number of hydrogen-bond acceptors (Lipinski definition) is 3. The molecule has 0 aliphatic carbocycles. The van der Waals surface area contributed by atoms with Crippen molar-refractivity contribution in [3.8, 4) is 5.75 Å². The monoisotopic (exact) mass is 324 g/mol. The van der Waals surface area contributed by atoms with Crippen molar-refractivity contribution in [1.29, 1.82) is 0 Å². The van der Waals surface area contributed by atoms with Gasteiger partial charge in [0.1, 0.15) is 5.75 Å². The first-order valence-corrected chi connectivity index (χ1v) is 7.47. The number of amides is 2. The van der Waals surface area contributed by atoms with E-state index in [-0.39, 0.29) is 11.8 Å². The minimum Gasteiger partial charge on any atom is -0.496 e. The minimum absolute atomic E-state index is 0.0495. The lowest BCUT2D eigenvalue weighted by Crippen LogP contribution is -2.22. The van der Waals surface area contributed by atoms with Gasteiger partial charge in [-0.15, -0.1) is 0 Å². The molecule has 0 aromatic heterocycles. The minimum atomic E-state index is -0.242. The van der Waals surface area contributed by atoms with Crippen molar-refractivity contribution in [3.05, 3.63) is 60.2 Å². The molecule has 2 aromatic rings. The Morgan fingerprint density at radius 3 is 2.38 bits per heavy atom. The average molecular weight is 324 g/mol. The number of carbonyl (C=O) groups excluding carboxylic acids is 2. The van der Waals surface area contributed by atoms with Gasteiger partial charge in [0.25, 0.3) is 0 Å². The zero-order chi connectivity index (χ0) is 17.5. The fourth-order valence-electron chi connectivity index (χ4n) is 2.10. The molecule has 24 heavy (non-hydrogen) atoms. The summed E-state index contributed by atoms with van der Waals surface area (Å²) in [5.74, 6) is 0.415. The number of methoxy groups -OCH3 is 1. The number of ether oxygens (including phenoxy) is 1. The quantitative estimate of drug-likeness (QED) is 0.858. The van der Waals surface area contributed by atoms with Crippen molar-refractivity contribution >= 4 is 29.3 Å². The molecule has 0 heterocycles. The average Bonchev–Trinajstić information content (AvgIpc) is 2.60. The molecule has 0 atom stereocenters.